The zero-order valence-corrected chi connectivity index (χ0v) is 12.3. The maximum Gasteiger partial charge on any atom is 0.320 e. The zero-order valence-electron chi connectivity index (χ0n) is 12.3. The quantitative estimate of drug-likeness (QED) is 0.513. The van der Waals surface area contributed by atoms with Crippen LogP contribution in [0.4, 0.5) is 0 Å². The van der Waals surface area contributed by atoms with Crippen molar-refractivity contribution in [2.45, 2.75) is 13.3 Å². The van der Waals surface area contributed by atoms with Gasteiger partial charge in [-0.15, -0.1) is 6.58 Å². The smallest absolute Gasteiger partial charge is 0.320 e. The first kappa shape index (κ1) is 16.2. The third-order valence-electron chi connectivity index (χ3n) is 2.92. The van der Waals surface area contributed by atoms with Gasteiger partial charge in [-0.05, 0) is 31.0 Å². The minimum Gasteiger partial charge on any atom is -0.497 e. The molecule has 20 heavy (non-hydrogen) atoms. The Labute approximate surface area is 121 Å². The van der Waals surface area contributed by atoms with Gasteiger partial charge in [0.15, 0.2) is 0 Å². The van der Waals surface area contributed by atoms with Crippen molar-refractivity contribution in [1.82, 2.24) is 4.90 Å². The summed E-state index contributed by atoms with van der Waals surface area (Å²) in [5.41, 5.74) is 1.21. The number of carbonyl (C=O) groups is 1. The molecule has 0 aliphatic rings. The largest absolute Gasteiger partial charge is 0.497 e. The molecular formula is C16H23NO3. The van der Waals surface area contributed by atoms with E-state index in [1.807, 2.05) is 36.1 Å². The molecule has 0 aliphatic heterocycles. The Bertz CT molecular complexity index is 414. The molecule has 4 heteroatoms. The Balaban J connectivity index is 2.48. The van der Waals surface area contributed by atoms with Crippen molar-refractivity contribution >= 4 is 5.97 Å². The highest BCUT2D eigenvalue weighted by Crippen LogP contribution is 2.12. The van der Waals surface area contributed by atoms with Crippen LogP contribution in [0, 0.1) is 0 Å². The van der Waals surface area contributed by atoms with Crippen molar-refractivity contribution in [3.8, 4) is 5.75 Å². The third-order valence-corrected chi connectivity index (χ3v) is 2.92. The summed E-state index contributed by atoms with van der Waals surface area (Å²) in [6.07, 6.45) is 2.67. The monoisotopic (exact) mass is 277 g/mol. The lowest BCUT2D eigenvalue weighted by molar-refractivity contribution is -0.144. The Hall–Kier alpha value is -1.81. The van der Waals surface area contributed by atoms with Gasteiger partial charge in [-0.3, -0.25) is 9.69 Å². The molecule has 0 unspecified atom stereocenters. The van der Waals surface area contributed by atoms with Gasteiger partial charge in [0.1, 0.15) is 5.75 Å². The summed E-state index contributed by atoms with van der Waals surface area (Å²) < 4.78 is 10.1. The summed E-state index contributed by atoms with van der Waals surface area (Å²) in [5, 5.41) is 0. The van der Waals surface area contributed by atoms with E-state index >= 15 is 0 Å². The minimum absolute atomic E-state index is 0.191. The standard InChI is InChI=1S/C16H23NO3/c1-4-11-17(13-16(18)20-5-2)12-10-14-6-8-15(19-3)9-7-14/h4,6-9H,1,5,10-13H2,2-3H3. The van der Waals surface area contributed by atoms with Crippen LogP contribution in [0.3, 0.4) is 0 Å². The van der Waals surface area contributed by atoms with Gasteiger partial charge in [0.05, 0.1) is 20.3 Å². The molecule has 0 amide bonds. The minimum atomic E-state index is -0.191. The summed E-state index contributed by atoms with van der Waals surface area (Å²) in [4.78, 5) is 13.5. The highest BCUT2D eigenvalue weighted by molar-refractivity contribution is 5.71. The molecule has 110 valence electrons. The average molecular weight is 277 g/mol. The maximum atomic E-state index is 11.5. The molecule has 0 atom stereocenters. The SMILES string of the molecule is C=CCN(CCc1ccc(OC)cc1)CC(=O)OCC. The van der Waals surface area contributed by atoms with Crippen LogP contribution in [0.25, 0.3) is 0 Å². The summed E-state index contributed by atoms with van der Waals surface area (Å²) in [6.45, 7) is 7.72. The number of methoxy groups -OCH3 is 1. The topological polar surface area (TPSA) is 38.8 Å². The lowest BCUT2D eigenvalue weighted by Gasteiger charge is -2.19. The Morgan fingerprint density at radius 1 is 1.35 bits per heavy atom. The third kappa shape index (κ3) is 5.89. The lowest BCUT2D eigenvalue weighted by Crippen LogP contribution is -2.33. The number of carbonyl (C=O) groups excluding carboxylic acids is 1. The number of hydrogen-bond donors (Lipinski definition) is 0. The van der Waals surface area contributed by atoms with E-state index in [2.05, 4.69) is 6.58 Å². The molecule has 0 saturated carbocycles. The summed E-state index contributed by atoms with van der Waals surface area (Å²) in [7, 11) is 1.65. The number of esters is 1. The number of benzene rings is 1. The fourth-order valence-electron chi connectivity index (χ4n) is 1.89. The Kier molecular flexibility index (Phi) is 7.43. The molecule has 0 N–H and O–H groups in total. The molecule has 0 bridgehead atoms. The van der Waals surface area contributed by atoms with Gasteiger partial charge in [-0.1, -0.05) is 18.2 Å². The number of hydrogen-bond acceptors (Lipinski definition) is 4. The predicted molar refractivity (Wildman–Crippen MR) is 80.0 cm³/mol. The molecule has 0 fully saturated rings. The predicted octanol–water partition coefficient (Wildman–Crippen LogP) is 2.29. The van der Waals surface area contributed by atoms with Crippen molar-refractivity contribution < 1.29 is 14.3 Å². The van der Waals surface area contributed by atoms with Crippen molar-refractivity contribution in [3.63, 3.8) is 0 Å². The molecule has 0 aromatic heterocycles. The molecule has 1 aromatic carbocycles. The Morgan fingerprint density at radius 3 is 2.60 bits per heavy atom. The zero-order chi connectivity index (χ0) is 14.8. The molecule has 4 nitrogen and oxygen atoms in total. The van der Waals surface area contributed by atoms with E-state index in [4.69, 9.17) is 9.47 Å². The molecule has 0 aliphatic carbocycles. The molecule has 0 heterocycles. The molecule has 0 saturated heterocycles. The number of nitrogens with zero attached hydrogens (tertiary/aromatic N) is 1. The molecule has 0 spiro atoms. The maximum absolute atomic E-state index is 11.5. The van der Waals surface area contributed by atoms with E-state index in [1.165, 1.54) is 5.56 Å². The van der Waals surface area contributed by atoms with E-state index in [9.17, 15) is 4.79 Å². The van der Waals surface area contributed by atoms with Crippen LogP contribution >= 0.6 is 0 Å². The van der Waals surface area contributed by atoms with Crippen LogP contribution in [0.1, 0.15) is 12.5 Å². The van der Waals surface area contributed by atoms with Crippen LogP contribution in [0.5, 0.6) is 5.75 Å². The van der Waals surface area contributed by atoms with E-state index in [0.717, 1.165) is 18.7 Å². The fourth-order valence-corrected chi connectivity index (χ4v) is 1.89. The van der Waals surface area contributed by atoms with Crippen molar-refractivity contribution in [3.05, 3.63) is 42.5 Å². The van der Waals surface area contributed by atoms with Crippen molar-refractivity contribution in [2.75, 3.05) is 33.4 Å². The number of rotatable bonds is 9. The van der Waals surface area contributed by atoms with Crippen LogP contribution in [0.15, 0.2) is 36.9 Å². The number of ether oxygens (including phenoxy) is 2. The van der Waals surface area contributed by atoms with Crippen LogP contribution in [-0.2, 0) is 16.0 Å². The summed E-state index contributed by atoms with van der Waals surface area (Å²) in [5.74, 6) is 0.660. The summed E-state index contributed by atoms with van der Waals surface area (Å²) in [6, 6.07) is 7.96. The van der Waals surface area contributed by atoms with Gasteiger partial charge in [0.2, 0.25) is 0 Å². The normalized spacial score (nSPS) is 10.3. The molecule has 0 radical (unpaired) electrons. The van der Waals surface area contributed by atoms with Crippen molar-refractivity contribution in [1.29, 1.82) is 0 Å². The van der Waals surface area contributed by atoms with Gasteiger partial charge in [-0.2, -0.15) is 0 Å². The van der Waals surface area contributed by atoms with E-state index in [0.29, 0.717) is 19.7 Å². The molecule has 1 aromatic rings. The average Bonchev–Trinajstić information content (AvgIpc) is 2.46. The summed E-state index contributed by atoms with van der Waals surface area (Å²) >= 11 is 0. The molecular weight excluding hydrogens is 254 g/mol. The van der Waals surface area contributed by atoms with Crippen molar-refractivity contribution in [2.24, 2.45) is 0 Å². The van der Waals surface area contributed by atoms with E-state index in [1.54, 1.807) is 13.2 Å². The second-order valence-electron chi connectivity index (χ2n) is 4.43. The first-order valence-electron chi connectivity index (χ1n) is 6.81. The van der Waals surface area contributed by atoms with Gasteiger partial charge in [0.25, 0.3) is 0 Å². The lowest BCUT2D eigenvalue weighted by atomic mass is 10.1. The highest BCUT2D eigenvalue weighted by atomic mass is 16.5. The van der Waals surface area contributed by atoms with Crippen LogP contribution in [-0.4, -0.2) is 44.2 Å². The second kappa shape index (κ2) is 9.15. The first-order chi connectivity index (χ1) is 9.69. The van der Waals surface area contributed by atoms with E-state index in [-0.39, 0.29) is 5.97 Å². The molecule has 1 rings (SSSR count). The first-order valence-corrected chi connectivity index (χ1v) is 6.81. The van der Waals surface area contributed by atoms with Gasteiger partial charge < -0.3 is 9.47 Å². The van der Waals surface area contributed by atoms with Crippen LogP contribution < -0.4 is 4.74 Å². The van der Waals surface area contributed by atoms with E-state index < -0.39 is 0 Å². The second-order valence-corrected chi connectivity index (χ2v) is 4.43. The van der Waals surface area contributed by atoms with Gasteiger partial charge in [0, 0.05) is 13.1 Å². The fraction of sp³-hybridized carbons (Fsp3) is 0.438. The van der Waals surface area contributed by atoms with Gasteiger partial charge in [-0.25, -0.2) is 0 Å². The Morgan fingerprint density at radius 2 is 2.05 bits per heavy atom. The van der Waals surface area contributed by atoms with Crippen LogP contribution in [0.2, 0.25) is 0 Å². The van der Waals surface area contributed by atoms with Gasteiger partial charge >= 0.3 is 5.97 Å². The highest BCUT2D eigenvalue weighted by Gasteiger charge is 2.10.